The molecule has 3 aromatic heterocycles. The smallest absolute Gasteiger partial charge is 0.262 e. The van der Waals surface area contributed by atoms with Crippen molar-refractivity contribution in [1.82, 2.24) is 19.5 Å². The van der Waals surface area contributed by atoms with Gasteiger partial charge < -0.3 is 19.6 Å². The summed E-state index contributed by atoms with van der Waals surface area (Å²) in [5, 5.41) is 11.6. The van der Waals surface area contributed by atoms with Crippen molar-refractivity contribution in [2.24, 2.45) is 7.05 Å². The van der Waals surface area contributed by atoms with Crippen LogP contribution in [0, 0.1) is 17.5 Å². The second-order valence-corrected chi connectivity index (χ2v) is 11.9. The molecule has 0 saturated carbocycles. The fraction of sp³-hybridized carbons (Fsp3) is 0.133. The Bertz CT molecular complexity index is 2140. The van der Waals surface area contributed by atoms with E-state index in [4.69, 9.17) is 0 Å². The average molecular weight is 607 g/mol. The molecule has 0 aliphatic carbocycles. The maximum Gasteiger partial charge on any atom is 0.262 e. The van der Waals surface area contributed by atoms with E-state index in [1.165, 1.54) is 12.3 Å². The standard InChI is InChI=1S/C30H25F3N6O3S/c1-38(2)30-36-24-12-16(7-10-25(24)39(30)3)17-11-20-21(15-35-29(20)34-14-17)28(40)26-22(32)8-9-23(27(26)33)37-43(41,42)19-6-4-5-18(31)13-19/h4-15,28,37,40H,1-3H3,(H,34,35). The number of nitrogens with one attached hydrogen (secondary N) is 2. The zero-order valence-corrected chi connectivity index (χ0v) is 23.9. The van der Waals surface area contributed by atoms with Gasteiger partial charge in [-0.25, -0.2) is 31.6 Å². The molecule has 13 heteroatoms. The first-order valence-corrected chi connectivity index (χ1v) is 14.5. The van der Waals surface area contributed by atoms with Crippen molar-refractivity contribution in [3.05, 3.63) is 102 Å². The molecule has 1 unspecified atom stereocenters. The minimum Gasteiger partial charge on any atom is -0.383 e. The van der Waals surface area contributed by atoms with E-state index < -0.39 is 49.7 Å². The van der Waals surface area contributed by atoms with Crippen LogP contribution >= 0.6 is 0 Å². The Kier molecular flexibility index (Phi) is 6.86. The van der Waals surface area contributed by atoms with Crippen LogP contribution in [0.5, 0.6) is 0 Å². The number of nitrogens with zero attached hydrogens (tertiary/aromatic N) is 4. The zero-order chi connectivity index (χ0) is 30.6. The summed E-state index contributed by atoms with van der Waals surface area (Å²) in [6.45, 7) is 0. The average Bonchev–Trinajstić information content (AvgIpc) is 3.55. The number of sulfonamides is 1. The molecule has 0 saturated heterocycles. The molecule has 0 spiro atoms. The molecular weight excluding hydrogens is 581 g/mol. The Balaban J connectivity index is 1.38. The summed E-state index contributed by atoms with van der Waals surface area (Å²) in [7, 11) is 1.31. The van der Waals surface area contributed by atoms with E-state index in [1.54, 1.807) is 12.3 Å². The Morgan fingerprint density at radius 3 is 2.56 bits per heavy atom. The van der Waals surface area contributed by atoms with Gasteiger partial charge in [0.05, 0.1) is 27.2 Å². The third-order valence-corrected chi connectivity index (χ3v) is 8.56. The maximum atomic E-state index is 15.6. The van der Waals surface area contributed by atoms with Crippen LogP contribution in [0.15, 0.2) is 78.0 Å². The monoisotopic (exact) mass is 606 g/mol. The van der Waals surface area contributed by atoms with Gasteiger partial charge in [0.15, 0.2) is 5.82 Å². The molecule has 0 amide bonds. The highest BCUT2D eigenvalue weighted by atomic mass is 32.2. The van der Waals surface area contributed by atoms with Crippen molar-refractivity contribution >= 4 is 43.7 Å². The number of fused-ring (bicyclic) bond motifs is 2. The topological polar surface area (TPSA) is 116 Å². The van der Waals surface area contributed by atoms with Crippen LogP contribution in [0.25, 0.3) is 33.2 Å². The molecule has 43 heavy (non-hydrogen) atoms. The van der Waals surface area contributed by atoms with E-state index in [0.29, 0.717) is 16.6 Å². The summed E-state index contributed by atoms with van der Waals surface area (Å²) >= 11 is 0. The molecule has 3 N–H and O–H groups in total. The highest BCUT2D eigenvalue weighted by molar-refractivity contribution is 7.92. The van der Waals surface area contributed by atoms with Crippen molar-refractivity contribution < 1.29 is 26.7 Å². The first kappa shape index (κ1) is 28.2. The Hall–Kier alpha value is -4.88. The molecule has 3 heterocycles. The number of aromatic amines is 1. The summed E-state index contributed by atoms with van der Waals surface area (Å²) in [5.41, 5.74) is 2.28. The highest BCUT2D eigenvalue weighted by Gasteiger charge is 2.27. The van der Waals surface area contributed by atoms with Crippen LogP contribution in [0.1, 0.15) is 17.2 Å². The predicted octanol–water partition coefficient (Wildman–Crippen LogP) is 5.48. The fourth-order valence-electron chi connectivity index (χ4n) is 5.07. The van der Waals surface area contributed by atoms with E-state index in [9.17, 15) is 17.9 Å². The van der Waals surface area contributed by atoms with E-state index in [1.807, 2.05) is 53.5 Å². The summed E-state index contributed by atoms with van der Waals surface area (Å²) < 4.78 is 73.8. The second-order valence-electron chi connectivity index (χ2n) is 10.2. The van der Waals surface area contributed by atoms with E-state index >= 15 is 8.78 Å². The lowest BCUT2D eigenvalue weighted by atomic mass is 9.98. The Morgan fingerprint density at radius 1 is 1.02 bits per heavy atom. The summed E-state index contributed by atoms with van der Waals surface area (Å²) in [6.07, 6.45) is 1.19. The number of imidazole rings is 1. The second kappa shape index (κ2) is 10.4. The van der Waals surface area contributed by atoms with Gasteiger partial charge in [-0.05, 0) is 54.1 Å². The number of aliphatic hydroxyl groups is 1. The van der Waals surface area contributed by atoms with Gasteiger partial charge in [-0.2, -0.15) is 0 Å². The lowest BCUT2D eigenvalue weighted by Crippen LogP contribution is -2.16. The number of hydrogen-bond donors (Lipinski definition) is 3. The van der Waals surface area contributed by atoms with Crippen molar-refractivity contribution in [1.29, 1.82) is 0 Å². The number of rotatable bonds is 7. The normalized spacial score (nSPS) is 12.6. The van der Waals surface area contributed by atoms with Gasteiger partial charge in [-0.3, -0.25) is 4.72 Å². The number of halogens is 3. The van der Waals surface area contributed by atoms with Crippen molar-refractivity contribution in [2.45, 2.75) is 11.0 Å². The quantitative estimate of drug-likeness (QED) is 0.222. The molecule has 3 aromatic carbocycles. The van der Waals surface area contributed by atoms with Crippen LogP contribution < -0.4 is 9.62 Å². The highest BCUT2D eigenvalue weighted by Crippen LogP contribution is 2.36. The zero-order valence-electron chi connectivity index (χ0n) is 23.1. The molecule has 6 aromatic rings. The molecule has 1 atom stereocenters. The lowest BCUT2D eigenvalue weighted by Gasteiger charge is -2.16. The van der Waals surface area contributed by atoms with Crippen molar-refractivity contribution in [3.8, 4) is 11.1 Å². The molecule has 220 valence electrons. The SMILES string of the molecule is CN(C)c1nc2cc(-c3cnc4[nH]cc(C(O)c5c(F)ccc(NS(=O)(=O)c6cccc(F)c6)c5F)c4c3)ccc2n1C. The van der Waals surface area contributed by atoms with Crippen LogP contribution in [0.2, 0.25) is 0 Å². The Morgan fingerprint density at radius 2 is 1.81 bits per heavy atom. The molecular formula is C30H25F3N6O3S. The van der Waals surface area contributed by atoms with Gasteiger partial charge in [-0.15, -0.1) is 0 Å². The largest absolute Gasteiger partial charge is 0.383 e. The summed E-state index contributed by atoms with van der Waals surface area (Å²) in [4.78, 5) is 13.5. The number of H-pyrrole nitrogens is 1. The Labute approximate surface area is 244 Å². The van der Waals surface area contributed by atoms with Gasteiger partial charge in [0, 0.05) is 50.0 Å². The fourth-order valence-corrected chi connectivity index (χ4v) is 6.16. The summed E-state index contributed by atoms with van der Waals surface area (Å²) in [6, 6.07) is 13.4. The predicted molar refractivity (Wildman–Crippen MR) is 158 cm³/mol. The first-order chi connectivity index (χ1) is 20.4. The molecule has 0 radical (unpaired) electrons. The molecule has 9 nitrogen and oxygen atoms in total. The number of benzene rings is 3. The van der Waals surface area contributed by atoms with Crippen LogP contribution in [0.4, 0.5) is 24.8 Å². The number of aromatic nitrogens is 4. The minimum atomic E-state index is -4.42. The van der Waals surface area contributed by atoms with Gasteiger partial charge in [-0.1, -0.05) is 12.1 Å². The van der Waals surface area contributed by atoms with E-state index in [2.05, 4.69) is 15.0 Å². The van der Waals surface area contributed by atoms with Crippen molar-refractivity contribution in [3.63, 3.8) is 0 Å². The lowest BCUT2D eigenvalue weighted by molar-refractivity contribution is 0.211. The minimum absolute atomic E-state index is 0.126. The number of anilines is 2. The first-order valence-electron chi connectivity index (χ1n) is 13.0. The molecule has 0 aliphatic heterocycles. The number of hydrogen-bond acceptors (Lipinski definition) is 6. The van der Waals surface area contributed by atoms with Crippen LogP contribution in [0.3, 0.4) is 0 Å². The number of aliphatic hydroxyl groups excluding tert-OH is 1. The van der Waals surface area contributed by atoms with Gasteiger partial charge in [0.1, 0.15) is 23.4 Å². The number of aryl methyl sites for hydroxylation is 1. The van der Waals surface area contributed by atoms with Gasteiger partial charge in [0.25, 0.3) is 10.0 Å². The van der Waals surface area contributed by atoms with Crippen molar-refractivity contribution in [2.75, 3.05) is 23.7 Å². The van der Waals surface area contributed by atoms with Gasteiger partial charge in [0.2, 0.25) is 5.95 Å². The van der Waals surface area contributed by atoms with Crippen LogP contribution in [-0.2, 0) is 17.1 Å². The molecule has 0 fully saturated rings. The van der Waals surface area contributed by atoms with Gasteiger partial charge >= 0.3 is 0 Å². The number of pyridine rings is 1. The molecule has 0 bridgehead atoms. The maximum absolute atomic E-state index is 15.6. The summed E-state index contributed by atoms with van der Waals surface area (Å²) in [5.74, 6) is -2.43. The molecule has 6 rings (SSSR count). The van der Waals surface area contributed by atoms with E-state index in [-0.39, 0.29) is 5.56 Å². The van der Waals surface area contributed by atoms with E-state index in [0.717, 1.165) is 52.9 Å². The third kappa shape index (κ3) is 4.96. The molecule has 0 aliphatic rings. The van der Waals surface area contributed by atoms with Crippen LogP contribution in [-0.4, -0.2) is 47.1 Å². The third-order valence-electron chi connectivity index (χ3n) is 7.20.